The van der Waals surface area contributed by atoms with Crippen molar-refractivity contribution in [1.29, 1.82) is 5.26 Å². The second-order valence-corrected chi connectivity index (χ2v) is 3.14. The second-order valence-electron chi connectivity index (χ2n) is 3.14. The van der Waals surface area contributed by atoms with Crippen LogP contribution in [0.25, 0.3) is 11.3 Å². The van der Waals surface area contributed by atoms with E-state index in [1.165, 1.54) is 12.1 Å². The number of aromatic carboxylic acids is 1. The van der Waals surface area contributed by atoms with Gasteiger partial charge in [0.25, 0.3) is 0 Å². The number of halogens is 1. The Balaban J connectivity index is 0.00000162. The zero-order valence-electron chi connectivity index (χ0n) is 8.35. The molecule has 0 amide bonds. The normalized spacial score (nSPS) is 9.33. The number of rotatable bonds is 2. The molecule has 0 aliphatic rings. The van der Waals surface area contributed by atoms with Crippen LogP contribution in [0.5, 0.6) is 0 Å². The first-order valence-corrected chi connectivity index (χ1v) is 4.51. The van der Waals surface area contributed by atoms with Gasteiger partial charge in [-0.25, -0.2) is 14.2 Å². The van der Waals surface area contributed by atoms with E-state index in [1.54, 1.807) is 0 Å². The maximum absolute atomic E-state index is 13.5. The van der Waals surface area contributed by atoms with Crippen LogP contribution in [0.4, 0.5) is 4.39 Å². The van der Waals surface area contributed by atoms with Crippen molar-refractivity contribution in [3.05, 3.63) is 41.7 Å². The number of benzene rings is 1. The molecule has 0 atom stereocenters. The van der Waals surface area contributed by atoms with Crippen LogP contribution in [0.2, 0.25) is 0 Å². The van der Waals surface area contributed by atoms with Crippen molar-refractivity contribution in [2.24, 2.45) is 0 Å². The Kier molecular flexibility index (Phi) is 4.27. The monoisotopic (exact) mass is 240 g/mol. The van der Waals surface area contributed by atoms with E-state index in [2.05, 4.69) is 4.98 Å². The molecule has 0 fully saturated rings. The molecule has 7 heteroatoms. The number of carbonyl (C=O) groups is 1. The predicted molar refractivity (Wildman–Crippen MR) is 60.7 cm³/mol. The van der Waals surface area contributed by atoms with E-state index >= 15 is 0 Å². The Morgan fingerprint density at radius 3 is 2.78 bits per heavy atom. The van der Waals surface area contributed by atoms with E-state index in [9.17, 15) is 9.18 Å². The summed E-state index contributed by atoms with van der Waals surface area (Å²) in [6.07, 6.45) is 1.10. The van der Waals surface area contributed by atoms with E-state index in [-0.39, 0.29) is 35.7 Å². The van der Waals surface area contributed by atoms with Gasteiger partial charge < -0.3 is 9.52 Å². The van der Waals surface area contributed by atoms with Crippen LogP contribution >= 0.6 is 0 Å². The Hall–Kier alpha value is -2.08. The van der Waals surface area contributed by atoms with Gasteiger partial charge in [0.1, 0.15) is 5.82 Å². The predicted octanol–water partition coefficient (Wildman–Crippen LogP) is 1.40. The fourth-order valence-electron chi connectivity index (χ4n) is 1.28. The molecule has 2 aromatic rings. The summed E-state index contributed by atoms with van der Waals surface area (Å²) >= 11 is 0. The third kappa shape index (κ3) is 2.59. The number of oxazole rings is 1. The van der Waals surface area contributed by atoms with Gasteiger partial charge in [0.05, 0.1) is 23.4 Å². The molecule has 0 bridgehead atoms. The number of carboxylic acids is 1. The van der Waals surface area contributed by atoms with Crippen molar-refractivity contribution in [3.8, 4) is 17.4 Å². The Labute approximate surface area is 113 Å². The first-order valence-electron chi connectivity index (χ1n) is 4.51. The summed E-state index contributed by atoms with van der Waals surface area (Å²) < 4.78 is 18.3. The summed E-state index contributed by atoms with van der Waals surface area (Å²) in [5, 5.41) is 17.3. The zero-order chi connectivity index (χ0) is 12.4. The topological polar surface area (TPSA) is 87.1 Å². The van der Waals surface area contributed by atoms with Crippen molar-refractivity contribution >= 4 is 24.8 Å². The summed E-state index contributed by atoms with van der Waals surface area (Å²) in [6.45, 7) is 0. The van der Waals surface area contributed by atoms with Gasteiger partial charge >= 0.3 is 30.7 Å². The molecule has 0 saturated heterocycles. The van der Waals surface area contributed by atoms with Crippen molar-refractivity contribution in [3.63, 3.8) is 0 Å². The van der Waals surface area contributed by atoms with Crippen LogP contribution in [0.3, 0.4) is 0 Å². The molecular weight excluding hydrogens is 234 g/mol. The van der Waals surface area contributed by atoms with Gasteiger partial charge in [-0.3, -0.25) is 0 Å². The van der Waals surface area contributed by atoms with Crippen LogP contribution in [0.1, 0.15) is 16.2 Å². The Morgan fingerprint density at radius 1 is 1.50 bits per heavy atom. The number of nitriles is 1. The molecule has 0 radical (unpaired) electrons. The SMILES string of the molecule is N#Cc1ccc(F)c(-c2cnc(C(=O)O)o2)c1.[LiH]. The summed E-state index contributed by atoms with van der Waals surface area (Å²) in [5.74, 6) is -2.51. The van der Waals surface area contributed by atoms with Crippen LogP contribution in [-0.4, -0.2) is 34.9 Å². The molecule has 0 aliphatic carbocycles. The van der Waals surface area contributed by atoms with Crippen LogP contribution in [0, 0.1) is 17.1 Å². The molecular formula is C11H6FLiN2O3. The molecule has 1 aromatic carbocycles. The van der Waals surface area contributed by atoms with Crippen LogP contribution in [0.15, 0.2) is 28.8 Å². The molecule has 5 nitrogen and oxygen atoms in total. The fraction of sp³-hybridized carbons (Fsp3) is 0. The van der Waals surface area contributed by atoms with E-state index in [0.717, 1.165) is 12.3 Å². The number of hydrogen-bond donors (Lipinski definition) is 1. The average Bonchev–Trinajstić information content (AvgIpc) is 2.79. The van der Waals surface area contributed by atoms with Crippen molar-refractivity contribution in [2.45, 2.75) is 0 Å². The molecule has 1 N–H and O–H groups in total. The Bertz CT molecular complexity index is 633. The van der Waals surface area contributed by atoms with Crippen molar-refractivity contribution in [1.82, 2.24) is 4.98 Å². The summed E-state index contributed by atoms with van der Waals surface area (Å²) in [7, 11) is 0. The van der Waals surface area contributed by atoms with E-state index in [1.807, 2.05) is 6.07 Å². The first-order chi connectivity index (χ1) is 8.11. The average molecular weight is 240 g/mol. The summed E-state index contributed by atoms with van der Waals surface area (Å²) in [4.78, 5) is 14.0. The van der Waals surface area contributed by atoms with Gasteiger partial charge in [0.2, 0.25) is 0 Å². The van der Waals surface area contributed by atoms with Gasteiger partial charge in [0.15, 0.2) is 5.76 Å². The molecule has 86 valence electrons. The maximum atomic E-state index is 13.5. The molecule has 0 spiro atoms. The standard InChI is InChI=1S/C11H5FN2O3.Li.H/c12-8-2-1-6(4-13)3-7(8)9-5-14-10(17-9)11(15)16;;/h1-3,5H,(H,15,16);;. The molecule has 0 unspecified atom stereocenters. The van der Waals surface area contributed by atoms with Gasteiger partial charge in [-0.1, -0.05) is 0 Å². The number of nitrogens with zero attached hydrogens (tertiary/aromatic N) is 2. The minimum absolute atomic E-state index is 0. The van der Waals surface area contributed by atoms with Crippen LogP contribution < -0.4 is 0 Å². The van der Waals surface area contributed by atoms with E-state index < -0.39 is 17.7 Å². The minimum atomic E-state index is -1.34. The van der Waals surface area contributed by atoms with Gasteiger partial charge in [-0.2, -0.15) is 5.26 Å². The molecule has 1 aromatic heterocycles. The van der Waals surface area contributed by atoms with Crippen molar-refractivity contribution < 1.29 is 18.7 Å². The van der Waals surface area contributed by atoms with Crippen LogP contribution in [-0.2, 0) is 0 Å². The van der Waals surface area contributed by atoms with E-state index in [0.29, 0.717) is 0 Å². The molecule has 0 aliphatic heterocycles. The molecule has 0 saturated carbocycles. The second kappa shape index (κ2) is 5.50. The van der Waals surface area contributed by atoms with Gasteiger partial charge in [-0.05, 0) is 18.2 Å². The van der Waals surface area contributed by atoms with Crippen molar-refractivity contribution in [2.75, 3.05) is 0 Å². The third-order valence-electron chi connectivity index (χ3n) is 2.05. The van der Waals surface area contributed by atoms with Gasteiger partial charge in [0, 0.05) is 0 Å². The number of hydrogen-bond acceptors (Lipinski definition) is 4. The Morgan fingerprint density at radius 2 is 2.22 bits per heavy atom. The van der Waals surface area contributed by atoms with Gasteiger partial charge in [-0.15, -0.1) is 0 Å². The molecule has 18 heavy (non-hydrogen) atoms. The third-order valence-corrected chi connectivity index (χ3v) is 2.05. The molecule has 1 heterocycles. The number of aromatic nitrogens is 1. The van der Waals surface area contributed by atoms with E-state index in [4.69, 9.17) is 14.8 Å². The quantitative estimate of drug-likeness (QED) is 0.801. The summed E-state index contributed by atoms with van der Waals surface area (Å²) in [6, 6.07) is 5.53. The number of carboxylic acid groups (broad SMARTS) is 1. The fourth-order valence-corrected chi connectivity index (χ4v) is 1.28. The molecule has 2 rings (SSSR count). The summed E-state index contributed by atoms with van der Waals surface area (Å²) in [5.41, 5.74) is 0.249. The first kappa shape index (κ1) is 14.0. The zero-order valence-corrected chi connectivity index (χ0v) is 8.35.